The summed E-state index contributed by atoms with van der Waals surface area (Å²) >= 11 is 2.67. The van der Waals surface area contributed by atoms with Gasteiger partial charge in [0.2, 0.25) is 0 Å². The van der Waals surface area contributed by atoms with Gasteiger partial charge in [0.25, 0.3) is 11.6 Å². The lowest BCUT2D eigenvalue weighted by Gasteiger charge is -2.37. The Morgan fingerprint density at radius 3 is 2.78 bits per heavy atom. The van der Waals surface area contributed by atoms with E-state index < -0.39 is 10.9 Å². The van der Waals surface area contributed by atoms with Crippen molar-refractivity contribution in [1.82, 2.24) is 9.27 Å². The van der Waals surface area contributed by atoms with E-state index in [0.717, 1.165) is 4.88 Å². The second-order valence-corrected chi connectivity index (χ2v) is 7.50. The highest BCUT2D eigenvalue weighted by atomic mass is 32.2. The Balaban J connectivity index is 1.38. The monoisotopic (exact) mass is 401 g/mol. The van der Waals surface area contributed by atoms with Crippen LogP contribution in [-0.4, -0.2) is 31.4 Å². The molecule has 2 aromatic rings. The molecule has 0 bridgehead atoms. The van der Waals surface area contributed by atoms with Crippen LogP contribution in [-0.2, 0) is 20.9 Å². The summed E-state index contributed by atoms with van der Waals surface area (Å²) in [5.41, 5.74) is 1.42. The predicted molar refractivity (Wildman–Crippen MR) is 99.3 cm³/mol. The van der Waals surface area contributed by atoms with Gasteiger partial charge in [0.1, 0.15) is 17.7 Å². The maximum Gasteiger partial charge on any atom is 0.355 e. The van der Waals surface area contributed by atoms with Gasteiger partial charge in [0, 0.05) is 28.6 Å². The van der Waals surface area contributed by atoms with Crippen LogP contribution in [0.25, 0.3) is 6.08 Å². The van der Waals surface area contributed by atoms with E-state index in [1.165, 1.54) is 52.5 Å². The molecule has 3 heterocycles. The number of ether oxygens (including phenoxy) is 1. The minimum atomic E-state index is -0.603. The first-order chi connectivity index (χ1) is 13.0. The molecule has 0 aliphatic carbocycles. The highest BCUT2D eigenvalue weighted by molar-refractivity contribution is 8.03. The second-order valence-electron chi connectivity index (χ2n) is 5.68. The fourth-order valence-corrected chi connectivity index (χ4v) is 4.31. The summed E-state index contributed by atoms with van der Waals surface area (Å²) in [5, 5.41) is 12.0. The van der Waals surface area contributed by atoms with Crippen LogP contribution in [0, 0.1) is 10.1 Å². The largest absolute Gasteiger partial charge is 0.456 e. The molecule has 1 fully saturated rings. The Hall–Kier alpha value is -2.98. The number of nitrogens with zero attached hydrogens (tertiary/aromatic N) is 3. The highest BCUT2D eigenvalue weighted by Crippen LogP contribution is 2.45. The number of aromatic nitrogens is 1. The molecule has 10 heteroatoms. The first kappa shape index (κ1) is 17.4. The van der Waals surface area contributed by atoms with E-state index in [0.29, 0.717) is 11.1 Å². The number of carbonyl (C=O) groups is 2. The lowest BCUT2D eigenvalue weighted by atomic mass is 10.0. The number of amides is 1. The van der Waals surface area contributed by atoms with E-state index in [2.05, 4.69) is 4.37 Å². The summed E-state index contributed by atoms with van der Waals surface area (Å²) in [6.45, 7) is -0.0326. The summed E-state index contributed by atoms with van der Waals surface area (Å²) < 4.78 is 9.24. The summed E-state index contributed by atoms with van der Waals surface area (Å²) in [5.74, 6) is -0.828. The van der Waals surface area contributed by atoms with Gasteiger partial charge in [-0.15, -0.1) is 11.8 Å². The number of benzene rings is 1. The fourth-order valence-electron chi connectivity index (χ4n) is 2.65. The van der Waals surface area contributed by atoms with E-state index in [4.69, 9.17) is 4.74 Å². The molecule has 0 spiro atoms. The number of fused-ring (bicyclic) bond motifs is 1. The molecule has 27 heavy (non-hydrogen) atoms. The molecule has 0 N–H and O–H groups in total. The van der Waals surface area contributed by atoms with Crippen LogP contribution >= 0.6 is 23.3 Å². The first-order valence-electron chi connectivity index (χ1n) is 7.76. The number of esters is 1. The van der Waals surface area contributed by atoms with E-state index in [1.807, 2.05) is 6.07 Å². The van der Waals surface area contributed by atoms with E-state index in [1.54, 1.807) is 17.7 Å². The number of hydrogen-bond acceptors (Lipinski definition) is 8. The molecule has 0 unspecified atom stereocenters. The zero-order valence-corrected chi connectivity index (χ0v) is 15.2. The maximum absolute atomic E-state index is 12.4. The van der Waals surface area contributed by atoms with E-state index >= 15 is 0 Å². The third-order valence-corrected chi connectivity index (χ3v) is 5.79. The normalized spacial score (nSPS) is 19.5. The Kier molecular flexibility index (Phi) is 4.50. The maximum atomic E-state index is 12.4. The fraction of sp³-hybridized carbons (Fsp3) is 0.118. The van der Waals surface area contributed by atoms with Gasteiger partial charge in [-0.2, -0.15) is 0 Å². The molecule has 136 valence electrons. The number of β-lactam (4-membered cyclic amide) rings is 1. The molecule has 1 atom stereocenters. The predicted octanol–water partition coefficient (Wildman–Crippen LogP) is 2.93. The summed E-state index contributed by atoms with van der Waals surface area (Å²) in [6, 6.07) is 7.56. The molecular formula is C17H11N3O5S2. The lowest BCUT2D eigenvalue weighted by molar-refractivity contribution is -0.384. The molecule has 1 aromatic heterocycles. The van der Waals surface area contributed by atoms with E-state index in [-0.39, 0.29) is 29.3 Å². The summed E-state index contributed by atoms with van der Waals surface area (Å²) in [4.78, 5) is 37.1. The number of nitro groups is 1. The van der Waals surface area contributed by atoms with Crippen molar-refractivity contribution < 1.29 is 19.2 Å². The van der Waals surface area contributed by atoms with Gasteiger partial charge in [0.15, 0.2) is 0 Å². The van der Waals surface area contributed by atoms with Crippen molar-refractivity contribution in [2.24, 2.45) is 0 Å². The molecule has 0 radical (unpaired) electrons. The Labute approximate surface area is 161 Å². The van der Waals surface area contributed by atoms with Gasteiger partial charge in [-0.25, -0.2) is 9.17 Å². The van der Waals surface area contributed by atoms with Crippen LogP contribution in [0.2, 0.25) is 0 Å². The molecule has 2 aliphatic rings. The number of rotatable bonds is 5. The molecule has 1 amide bonds. The number of nitro benzene ring substituents is 1. The lowest BCUT2D eigenvalue weighted by Crippen LogP contribution is -2.51. The van der Waals surface area contributed by atoms with Crippen LogP contribution in [0.15, 0.2) is 53.2 Å². The van der Waals surface area contributed by atoms with Crippen molar-refractivity contribution >= 4 is 46.9 Å². The summed E-state index contributed by atoms with van der Waals surface area (Å²) in [6.07, 6.45) is 3.45. The van der Waals surface area contributed by atoms with Crippen LogP contribution in [0.3, 0.4) is 0 Å². The topological polar surface area (TPSA) is 103 Å². The van der Waals surface area contributed by atoms with Gasteiger partial charge in [0.05, 0.1) is 10.5 Å². The SMILES string of the molecule is O=C(OCc1ccc([N+](=O)[O-])cc1)C1=CS[C@@H]2C(=Cc3ccns3)C(=O)N12. The van der Waals surface area contributed by atoms with Gasteiger partial charge < -0.3 is 4.74 Å². The zero-order valence-electron chi connectivity index (χ0n) is 13.6. The van der Waals surface area contributed by atoms with Crippen molar-refractivity contribution in [2.45, 2.75) is 12.0 Å². The van der Waals surface area contributed by atoms with E-state index in [9.17, 15) is 19.7 Å². The third-order valence-electron chi connectivity index (χ3n) is 4.02. The van der Waals surface area contributed by atoms with Crippen LogP contribution in [0.5, 0.6) is 0 Å². The van der Waals surface area contributed by atoms with Gasteiger partial charge >= 0.3 is 5.97 Å². The summed E-state index contributed by atoms with van der Waals surface area (Å²) in [7, 11) is 0. The Morgan fingerprint density at radius 2 is 2.11 bits per heavy atom. The second kappa shape index (κ2) is 6.97. The average molecular weight is 401 g/mol. The standard InChI is InChI=1S/C17H11N3O5S2/c21-15-13(7-12-5-6-18-27-12)16-19(15)14(9-26-16)17(22)25-8-10-1-3-11(4-2-10)20(23)24/h1-7,9,16H,8H2/t16-/m1/s1. The molecular weight excluding hydrogens is 390 g/mol. The molecule has 1 aromatic carbocycles. The number of non-ortho nitro benzene ring substituents is 1. The smallest absolute Gasteiger partial charge is 0.355 e. The Bertz CT molecular complexity index is 983. The van der Waals surface area contributed by atoms with Crippen molar-refractivity contribution in [3.05, 3.63) is 73.8 Å². The number of thioether (sulfide) groups is 1. The van der Waals surface area contributed by atoms with Crippen LogP contribution < -0.4 is 0 Å². The van der Waals surface area contributed by atoms with Crippen LogP contribution in [0.4, 0.5) is 5.69 Å². The minimum absolute atomic E-state index is 0.0326. The molecule has 4 rings (SSSR count). The van der Waals surface area contributed by atoms with Gasteiger partial charge in [-0.3, -0.25) is 19.8 Å². The van der Waals surface area contributed by atoms with Crippen molar-refractivity contribution in [1.29, 1.82) is 0 Å². The molecule has 0 saturated carbocycles. The zero-order chi connectivity index (χ0) is 19.0. The van der Waals surface area contributed by atoms with Gasteiger partial charge in [-0.05, 0) is 41.4 Å². The Morgan fingerprint density at radius 1 is 1.33 bits per heavy atom. The van der Waals surface area contributed by atoms with Crippen LogP contribution in [0.1, 0.15) is 10.4 Å². The average Bonchev–Trinajstić information content (AvgIpc) is 3.32. The molecule has 1 saturated heterocycles. The minimum Gasteiger partial charge on any atom is -0.456 e. The van der Waals surface area contributed by atoms with Crippen molar-refractivity contribution in [2.75, 3.05) is 0 Å². The molecule has 8 nitrogen and oxygen atoms in total. The highest BCUT2D eigenvalue weighted by Gasteiger charge is 2.49. The molecule has 2 aliphatic heterocycles. The number of carbonyl (C=O) groups excluding carboxylic acids is 2. The quantitative estimate of drug-likeness (QED) is 0.249. The van der Waals surface area contributed by atoms with Crippen molar-refractivity contribution in [3.8, 4) is 0 Å². The van der Waals surface area contributed by atoms with Gasteiger partial charge in [-0.1, -0.05) is 0 Å². The first-order valence-corrected chi connectivity index (χ1v) is 9.48. The third kappa shape index (κ3) is 3.24. The van der Waals surface area contributed by atoms with Crippen molar-refractivity contribution in [3.63, 3.8) is 0 Å². The number of hydrogen-bond donors (Lipinski definition) is 0.